The average molecular weight is 309 g/mol. The third-order valence-electron chi connectivity index (χ3n) is 3.56. The largest absolute Gasteiger partial charge is 0.347 e. The highest BCUT2D eigenvalue weighted by atomic mass is 32.2. The van der Waals surface area contributed by atoms with Gasteiger partial charge in [-0.1, -0.05) is 12.2 Å². The summed E-state index contributed by atoms with van der Waals surface area (Å²) < 4.78 is 25.3. The molecular weight excluding hydrogens is 290 g/mol. The Labute approximate surface area is 124 Å². The van der Waals surface area contributed by atoms with Gasteiger partial charge in [-0.2, -0.15) is 0 Å². The van der Waals surface area contributed by atoms with Crippen LogP contribution in [0.2, 0.25) is 0 Å². The van der Waals surface area contributed by atoms with E-state index in [4.69, 9.17) is 0 Å². The van der Waals surface area contributed by atoms with Gasteiger partial charge in [0.25, 0.3) is 15.9 Å². The number of carbonyl (C=O) groups excluding carboxylic acids is 1. The molecule has 1 aromatic rings. The number of hydrogen-bond acceptors (Lipinski definition) is 4. The molecule has 0 aliphatic heterocycles. The second-order valence-corrected chi connectivity index (χ2v) is 7.16. The first kappa shape index (κ1) is 15.7. The van der Waals surface area contributed by atoms with Crippen LogP contribution in [0.25, 0.3) is 0 Å². The van der Waals surface area contributed by atoms with Crippen LogP contribution in [0.15, 0.2) is 35.5 Å². The number of aromatic nitrogens is 1. The first-order valence-corrected chi connectivity index (χ1v) is 8.22. The third-order valence-corrected chi connectivity index (χ3v) is 4.89. The maximum atomic E-state index is 12.2. The van der Waals surface area contributed by atoms with Gasteiger partial charge in [-0.15, -0.1) is 0 Å². The van der Waals surface area contributed by atoms with E-state index in [1.165, 1.54) is 25.4 Å². The van der Waals surface area contributed by atoms with Crippen LogP contribution >= 0.6 is 0 Å². The van der Waals surface area contributed by atoms with Crippen molar-refractivity contribution in [1.29, 1.82) is 0 Å². The Morgan fingerprint density at radius 2 is 2.10 bits per heavy atom. The van der Waals surface area contributed by atoms with Gasteiger partial charge in [0.05, 0.1) is 5.56 Å². The number of allylic oxidation sites excluding steroid dienone is 1. The molecule has 6 nitrogen and oxygen atoms in total. The first-order chi connectivity index (χ1) is 9.86. The van der Waals surface area contributed by atoms with E-state index in [2.05, 4.69) is 27.2 Å². The molecule has 0 unspecified atom stereocenters. The topological polar surface area (TPSA) is 88.2 Å². The molecule has 1 atom stereocenters. The molecule has 0 aromatic carbocycles. The van der Waals surface area contributed by atoms with Crippen molar-refractivity contribution >= 4 is 15.9 Å². The second kappa shape index (κ2) is 5.95. The van der Waals surface area contributed by atoms with Crippen LogP contribution in [-0.4, -0.2) is 31.9 Å². The number of hydrogen-bond donors (Lipinski definition) is 2. The van der Waals surface area contributed by atoms with Crippen molar-refractivity contribution < 1.29 is 13.2 Å². The average Bonchev–Trinajstić information content (AvgIpc) is 2.47. The molecule has 0 fully saturated rings. The first-order valence-electron chi connectivity index (χ1n) is 6.73. The van der Waals surface area contributed by atoms with Gasteiger partial charge >= 0.3 is 0 Å². The molecule has 1 aliphatic rings. The molecule has 2 N–H and O–H groups in total. The lowest BCUT2D eigenvalue weighted by Crippen LogP contribution is -2.46. The van der Waals surface area contributed by atoms with Crippen LogP contribution in [0, 0.1) is 0 Å². The van der Waals surface area contributed by atoms with Crippen LogP contribution < -0.4 is 10.0 Å². The Kier molecular flexibility index (Phi) is 4.43. The van der Waals surface area contributed by atoms with E-state index in [1.807, 2.05) is 6.92 Å². The fraction of sp³-hybridized carbons (Fsp3) is 0.429. The number of sulfonamides is 1. The number of rotatable bonds is 4. The van der Waals surface area contributed by atoms with Gasteiger partial charge in [0.15, 0.2) is 5.03 Å². The van der Waals surface area contributed by atoms with Crippen molar-refractivity contribution in [2.24, 2.45) is 0 Å². The summed E-state index contributed by atoms with van der Waals surface area (Å²) in [5.41, 5.74) is 0.0856. The zero-order valence-corrected chi connectivity index (χ0v) is 12.9. The molecule has 0 spiro atoms. The maximum absolute atomic E-state index is 12.2. The normalized spacial score (nSPS) is 22.0. The summed E-state index contributed by atoms with van der Waals surface area (Å²) >= 11 is 0. The van der Waals surface area contributed by atoms with Crippen LogP contribution in [0.1, 0.15) is 36.5 Å². The summed E-state index contributed by atoms with van der Waals surface area (Å²) in [6.45, 7) is 2.00. The monoisotopic (exact) mass is 309 g/mol. The number of pyridine rings is 1. The highest BCUT2D eigenvalue weighted by Gasteiger charge is 2.27. The number of amides is 1. The minimum atomic E-state index is -3.58. The van der Waals surface area contributed by atoms with Gasteiger partial charge in [0.2, 0.25) is 0 Å². The van der Waals surface area contributed by atoms with E-state index in [0.29, 0.717) is 5.56 Å². The maximum Gasteiger partial charge on any atom is 0.257 e. The van der Waals surface area contributed by atoms with Gasteiger partial charge < -0.3 is 5.32 Å². The summed E-state index contributed by atoms with van der Waals surface area (Å²) in [6.07, 6.45) is 8.06. The lowest BCUT2D eigenvalue weighted by atomic mass is 9.87. The van der Waals surface area contributed by atoms with Crippen molar-refractivity contribution in [3.8, 4) is 0 Å². The van der Waals surface area contributed by atoms with Crippen molar-refractivity contribution in [2.45, 2.75) is 36.8 Å². The van der Waals surface area contributed by atoms with E-state index in [1.54, 1.807) is 0 Å². The standard InChI is InChI=1S/C14H19N3O3S/c1-14(8-4-3-5-9-14)17-13(18)11-6-7-12(16-10-11)21(19,20)15-2/h3-4,6-7,10,15H,5,8-9H2,1-2H3,(H,17,18)/t14-/m1/s1. The summed E-state index contributed by atoms with van der Waals surface area (Å²) in [6, 6.07) is 2.79. The van der Waals surface area contributed by atoms with E-state index in [-0.39, 0.29) is 16.5 Å². The predicted octanol–water partition coefficient (Wildman–Crippen LogP) is 1.22. The molecule has 7 heteroatoms. The Morgan fingerprint density at radius 1 is 1.33 bits per heavy atom. The molecular formula is C14H19N3O3S. The SMILES string of the molecule is CNS(=O)(=O)c1ccc(C(=O)N[C@]2(C)CC=CCC2)cn1. The Hall–Kier alpha value is -1.73. The molecule has 1 aromatic heterocycles. The molecule has 0 saturated heterocycles. The number of carbonyl (C=O) groups is 1. The highest BCUT2D eigenvalue weighted by molar-refractivity contribution is 7.89. The summed E-state index contributed by atoms with van der Waals surface area (Å²) in [4.78, 5) is 16.0. The van der Waals surface area contributed by atoms with Crippen molar-refractivity contribution in [3.63, 3.8) is 0 Å². The quantitative estimate of drug-likeness (QED) is 0.819. The van der Waals surface area contributed by atoms with Gasteiger partial charge in [0.1, 0.15) is 0 Å². The van der Waals surface area contributed by atoms with E-state index < -0.39 is 10.0 Å². The minimum Gasteiger partial charge on any atom is -0.347 e. The van der Waals surface area contributed by atoms with Crippen LogP contribution in [0.3, 0.4) is 0 Å². The Bertz CT molecular complexity index is 653. The second-order valence-electron chi connectivity index (χ2n) is 5.32. The predicted molar refractivity (Wildman–Crippen MR) is 79.3 cm³/mol. The highest BCUT2D eigenvalue weighted by Crippen LogP contribution is 2.23. The molecule has 1 amide bonds. The molecule has 0 saturated carbocycles. The van der Waals surface area contributed by atoms with Crippen LogP contribution in [0.4, 0.5) is 0 Å². The summed E-state index contributed by atoms with van der Waals surface area (Å²) in [5, 5.41) is 2.89. The van der Waals surface area contributed by atoms with E-state index in [9.17, 15) is 13.2 Å². The molecule has 114 valence electrons. The molecule has 21 heavy (non-hydrogen) atoms. The number of nitrogens with zero attached hydrogens (tertiary/aromatic N) is 1. The molecule has 2 rings (SSSR count). The number of nitrogens with one attached hydrogen (secondary N) is 2. The van der Waals surface area contributed by atoms with Crippen molar-refractivity contribution in [2.75, 3.05) is 7.05 Å². The fourth-order valence-corrected chi connectivity index (χ4v) is 2.85. The van der Waals surface area contributed by atoms with Crippen LogP contribution in [0.5, 0.6) is 0 Å². The van der Waals surface area contributed by atoms with E-state index >= 15 is 0 Å². The fourth-order valence-electron chi connectivity index (χ4n) is 2.20. The van der Waals surface area contributed by atoms with Gasteiger partial charge in [-0.25, -0.2) is 18.1 Å². The summed E-state index contributed by atoms with van der Waals surface area (Å²) in [7, 11) is -2.27. The van der Waals surface area contributed by atoms with E-state index in [0.717, 1.165) is 19.3 Å². The third kappa shape index (κ3) is 3.68. The lowest BCUT2D eigenvalue weighted by Gasteiger charge is -2.31. The zero-order valence-electron chi connectivity index (χ0n) is 12.1. The van der Waals surface area contributed by atoms with Crippen molar-refractivity contribution in [1.82, 2.24) is 15.0 Å². The Morgan fingerprint density at radius 3 is 2.62 bits per heavy atom. The molecule has 1 aliphatic carbocycles. The summed E-state index contributed by atoms with van der Waals surface area (Å²) in [5.74, 6) is -0.242. The Balaban J connectivity index is 2.12. The molecule has 0 radical (unpaired) electrons. The van der Waals surface area contributed by atoms with Gasteiger partial charge in [0, 0.05) is 11.7 Å². The van der Waals surface area contributed by atoms with Crippen molar-refractivity contribution in [3.05, 3.63) is 36.0 Å². The van der Waals surface area contributed by atoms with Gasteiger partial charge in [-0.3, -0.25) is 4.79 Å². The smallest absolute Gasteiger partial charge is 0.257 e. The van der Waals surface area contributed by atoms with Crippen LogP contribution in [-0.2, 0) is 10.0 Å². The molecule has 1 heterocycles. The minimum absolute atomic E-state index is 0.103. The lowest BCUT2D eigenvalue weighted by molar-refractivity contribution is 0.0900. The zero-order chi connectivity index (χ0) is 15.5. The molecule has 0 bridgehead atoms. The van der Waals surface area contributed by atoms with Gasteiger partial charge in [-0.05, 0) is 45.4 Å².